The van der Waals surface area contributed by atoms with Crippen molar-refractivity contribution in [3.05, 3.63) is 0 Å². The molecule has 0 N–H and O–H groups in total. The third-order valence-electron chi connectivity index (χ3n) is 4.05. The number of hydrogen-bond donors (Lipinski definition) is 0. The minimum atomic E-state index is -0.739. The lowest BCUT2D eigenvalue weighted by atomic mass is 9.82. The Morgan fingerprint density at radius 3 is 1.61 bits per heavy atom. The maximum Gasteiger partial charge on any atom is 0.101 e. The van der Waals surface area contributed by atoms with Crippen molar-refractivity contribution in [3.8, 4) is 0 Å². The van der Waals surface area contributed by atoms with Crippen LogP contribution in [-0.4, -0.2) is 5.60 Å². The van der Waals surface area contributed by atoms with Crippen LogP contribution in [0.1, 0.15) is 98.3 Å². The summed E-state index contributed by atoms with van der Waals surface area (Å²) in [4.78, 5) is 0. The van der Waals surface area contributed by atoms with Gasteiger partial charge in [-0.2, -0.15) is 0 Å². The molecule has 0 aromatic rings. The molecule has 0 saturated carbocycles. The van der Waals surface area contributed by atoms with Gasteiger partial charge in [-0.3, -0.25) is 0 Å². The fraction of sp³-hybridized carbons (Fsp3) is 1.00. The highest BCUT2D eigenvalue weighted by Gasteiger charge is 2.27. The molecule has 1 atom stereocenters. The lowest BCUT2D eigenvalue weighted by Gasteiger charge is -2.27. The van der Waals surface area contributed by atoms with Crippen LogP contribution in [-0.2, 0) is 5.11 Å². The predicted molar refractivity (Wildman–Crippen MR) is 80.4 cm³/mol. The summed E-state index contributed by atoms with van der Waals surface area (Å²) in [5, 5.41) is 12.2. The average Bonchev–Trinajstić information content (AvgIpc) is 2.30. The van der Waals surface area contributed by atoms with Crippen LogP contribution >= 0.6 is 0 Å². The van der Waals surface area contributed by atoms with Gasteiger partial charge in [0.05, 0.1) is 0 Å². The van der Waals surface area contributed by atoms with E-state index in [1.165, 1.54) is 57.8 Å². The topological polar surface area (TPSA) is 19.9 Å². The van der Waals surface area contributed by atoms with Crippen molar-refractivity contribution in [2.75, 3.05) is 0 Å². The summed E-state index contributed by atoms with van der Waals surface area (Å²) in [5.74, 6) is 0.384. The van der Waals surface area contributed by atoms with Gasteiger partial charge in [-0.1, -0.05) is 71.6 Å². The maximum absolute atomic E-state index is 12.2. The van der Waals surface area contributed by atoms with E-state index in [4.69, 9.17) is 0 Å². The summed E-state index contributed by atoms with van der Waals surface area (Å²) in [6.07, 6.45) is 14.0. The third-order valence-corrected chi connectivity index (χ3v) is 4.05. The second kappa shape index (κ2) is 10.8. The number of rotatable bonds is 12. The van der Waals surface area contributed by atoms with E-state index in [-0.39, 0.29) is 0 Å². The van der Waals surface area contributed by atoms with Crippen molar-refractivity contribution in [2.45, 2.75) is 104 Å². The molecule has 0 aromatic heterocycles. The van der Waals surface area contributed by atoms with Crippen LogP contribution < -0.4 is 0 Å². The molecule has 0 bridgehead atoms. The van der Waals surface area contributed by atoms with Crippen LogP contribution in [0.15, 0.2) is 0 Å². The van der Waals surface area contributed by atoms with Gasteiger partial charge in [0.2, 0.25) is 0 Å². The normalized spacial score (nSPS) is 13.8. The highest BCUT2D eigenvalue weighted by Crippen LogP contribution is 2.28. The quantitative estimate of drug-likeness (QED) is 0.373. The molecule has 0 amide bonds. The highest BCUT2D eigenvalue weighted by atomic mass is 16.3. The molecule has 0 heterocycles. The van der Waals surface area contributed by atoms with E-state index >= 15 is 0 Å². The second-order valence-electron chi connectivity index (χ2n) is 6.35. The molecule has 1 unspecified atom stereocenters. The summed E-state index contributed by atoms with van der Waals surface area (Å²) >= 11 is 0. The summed E-state index contributed by atoms with van der Waals surface area (Å²) in [7, 11) is 0. The minimum Gasteiger partial charge on any atom is -0.230 e. The van der Waals surface area contributed by atoms with E-state index in [1.807, 2.05) is 13.8 Å². The molecule has 0 saturated heterocycles. The van der Waals surface area contributed by atoms with E-state index < -0.39 is 5.60 Å². The molecule has 18 heavy (non-hydrogen) atoms. The van der Waals surface area contributed by atoms with Crippen molar-refractivity contribution in [2.24, 2.45) is 5.92 Å². The number of unbranched alkanes of at least 4 members (excludes halogenated alkanes) is 7. The van der Waals surface area contributed by atoms with E-state index in [2.05, 4.69) is 13.8 Å². The first kappa shape index (κ1) is 18.0. The molecule has 1 heteroatoms. The van der Waals surface area contributed by atoms with Gasteiger partial charge in [-0.05, 0) is 32.6 Å². The molecule has 1 radical (unpaired) electrons. The zero-order chi connectivity index (χ0) is 13.9. The monoisotopic (exact) mass is 255 g/mol. The SMILES string of the molecule is CCCCCCCCC(CCCCC)C(C)(C)[O]. The van der Waals surface area contributed by atoms with Gasteiger partial charge in [0.15, 0.2) is 0 Å². The Bertz CT molecular complexity index is 169. The Morgan fingerprint density at radius 1 is 0.722 bits per heavy atom. The Labute approximate surface area is 115 Å². The van der Waals surface area contributed by atoms with Crippen LogP contribution in [0.2, 0.25) is 0 Å². The van der Waals surface area contributed by atoms with Gasteiger partial charge >= 0.3 is 0 Å². The molecule has 0 aromatic carbocycles. The van der Waals surface area contributed by atoms with Crippen LogP contribution in [0.5, 0.6) is 0 Å². The standard InChI is InChI=1S/C17H35O/c1-5-7-9-10-11-13-15-16(17(3,4)18)14-12-8-6-2/h16H,5-15H2,1-4H3. The van der Waals surface area contributed by atoms with Crippen LogP contribution in [0.3, 0.4) is 0 Å². The molecular formula is C17H35O. The molecule has 0 rings (SSSR count). The van der Waals surface area contributed by atoms with Gasteiger partial charge in [-0.15, -0.1) is 0 Å². The molecule has 0 aliphatic carbocycles. The summed E-state index contributed by atoms with van der Waals surface area (Å²) < 4.78 is 0. The molecular weight excluding hydrogens is 220 g/mol. The van der Waals surface area contributed by atoms with Gasteiger partial charge in [0.1, 0.15) is 5.60 Å². The van der Waals surface area contributed by atoms with Crippen LogP contribution in [0, 0.1) is 5.92 Å². The molecule has 0 aliphatic rings. The van der Waals surface area contributed by atoms with Gasteiger partial charge < -0.3 is 0 Å². The van der Waals surface area contributed by atoms with E-state index in [0.29, 0.717) is 5.92 Å². The molecule has 109 valence electrons. The first-order valence-corrected chi connectivity index (χ1v) is 8.22. The van der Waals surface area contributed by atoms with Gasteiger partial charge in [-0.25, -0.2) is 5.11 Å². The van der Waals surface area contributed by atoms with Crippen molar-refractivity contribution >= 4 is 0 Å². The summed E-state index contributed by atoms with van der Waals surface area (Å²) in [6, 6.07) is 0. The summed E-state index contributed by atoms with van der Waals surface area (Å²) in [6.45, 7) is 8.23. The second-order valence-corrected chi connectivity index (χ2v) is 6.35. The van der Waals surface area contributed by atoms with Crippen molar-refractivity contribution < 1.29 is 5.11 Å². The Kier molecular flexibility index (Phi) is 10.8. The maximum atomic E-state index is 12.2. The number of hydrogen-bond acceptors (Lipinski definition) is 0. The van der Waals surface area contributed by atoms with Crippen molar-refractivity contribution in [1.82, 2.24) is 0 Å². The smallest absolute Gasteiger partial charge is 0.101 e. The molecule has 0 fully saturated rings. The van der Waals surface area contributed by atoms with E-state index in [0.717, 1.165) is 12.8 Å². The highest BCUT2D eigenvalue weighted by molar-refractivity contribution is 4.77. The Hall–Kier alpha value is -0.0400. The fourth-order valence-corrected chi connectivity index (χ4v) is 2.65. The van der Waals surface area contributed by atoms with Crippen LogP contribution in [0.4, 0.5) is 0 Å². The fourth-order valence-electron chi connectivity index (χ4n) is 2.65. The lowest BCUT2D eigenvalue weighted by Crippen LogP contribution is -2.29. The largest absolute Gasteiger partial charge is 0.230 e. The molecule has 0 aliphatic heterocycles. The van der Waals surface area contributed by atoms with Crippen LogP contribution in [0.25, 0.3) is 0 Å². The zero-order valence-electron chi connectivity index (χ0n) is 13.3. The van der Waals surface area contributed by atoms with Crippen molar-refractivity contribution in [3.63, 3.8) is 0 Å². The van der Waals surface area contributed by atoms with Gasteiger partial charge in [0, 0.05) is 0 Å². The van der Waals surface area contributed by atoms with E-state index in [9.17, 15) is 5.11 Å². The lowest BCUT2D eigenvalue weighted by molar-refractivity contribution is -0.0538. The van der Waals surface area contributed by atoms with Gasteiger partial charge in [0.25, 0.3) is 0 Å². The molecule has 1 nitrogen and oxygen atoms in total. The first-order chi connectivity index (χ1) is 8.52. The first-order valence-electron chi connectivity index (χ1n) is 8.22. The predicted octanol–water partition coefficient (Wildman–Crippen LogP) is 6.14. The van der Waals surface area contributed by atoms with Crippen molar-refractivity contribution in [1.29, 1.82) is 0 Å². The zero-order valence-corrected chi connectivity index (χ0v) is 13.3. The minimum absolute atomic E-state index is 0.384. The van der Waals surface area contributed by atoms with E-state index in [1.54, 1.807) is 0 Å². The molecule has 0 spiro atoms. The average molecular weight is 255 g/mol. The Balaban J connectivity index is 3.73. The summed E-state index contributed by atoms with van der Waals surface area (Å²) in [5.41, 5.74) is -0.739. The Morgan fingerprint density at radius 2 is 1.11 bits per heavy atom. The third kappa shape index (κ3) is 9.94.